The summed E-state index contributed by atoms with van der Waals surface area (Å²) in [6, 6.07) is 11.5. The molecule has 110 valence electrons. The van der Waals surface area contributed by atoms with Gasteiger partial charge in [0.2, 0.25) is 5.91 Å². The first-order valence-electron chi connectivity index (χ1n) is 6.95. The molecular formula is C16H20N4O. The van der Waals surface area contributed by atoms with Crippen LogP contribution in [0.1, 0.15) is 37.7 Å². The molecule has 0 aliphatic carbocycles. The summed E-state index contributed by atoms with van der Waals surface area (Å²) in [5.74, 6) is 0.0506. The molecule has 0 saturated heterocycles. The summed E-state index contributed by atoms with van der Waals surface area (Å²) >= 11 is 0. The number of nitriles is 2. The van der Waals surface area contributed by atoms with E-state index in [1.54, 1.807) is 4.90 Å². The second-order valence-corrected chi connectivity index (χ2v) is 4.97. The predicted octanol–water partition coefficient (Wildman–Crippen LogP) is 2.42. The molecule has 0 aliphatic heterocycles. The number of rotatable bonds is 7. The van der Waals surface area contributed by atoms with Gasteiger partial charge in [-0.3, -0.25) is 4.79 Å². The summed E-state index contributed by atoms with van der Waals surface area (Å²) in [5, 5.41) is 17.3. The molecule has 0 fully saturated rings. The lowest BCUT2D eigenvalue weighted by Gasteiger charge is -2.22. The van der Waals surface area contributed by atoms with Crippen molar-refractivity contribution in [2.75, 3.05) is 18.8 Å². The molecule has 1 atom stereocenters. The molecule has 1 amide bonds. The first-order chi connectivity index (χ1) is 10.1. The quantitative estimate of drug-likeness (QED) is 0.778. The van der Waals surface area contributed by atoms with Gasteiger partial charge in [0.05, 0.1) is 25.0 Å². The maximum Gasteiger partial charge on any atom is 0.223 e. The van der Waals surface area contributed by atoms with Gasteiger partial charge in [-0.05, 0) is 23.6 Å². The van der Waals surface area contributed by atoms with Crippen LogP contribution in [0.15, 0.2) is 24.3 Å². The van der Waals surface area contributed by atoms with Gasteiger partial charge < -0.3 is 10.6 Å². The summed E-state index contributed by atoms with van der Waals surface area (Å²) in [4.78, 5) is 13.9. The summed E-state index contributed by atoms with van der Waals surface area (Å²) in [5.41, 5.74) is 7.40. The van der Waals surface area contributed by atoms with Crippen LogP contribution in [0.3, 0.4) is 0 Å². The lowest BCUT2D eigenvalue weighted by molar-refractivity contribution is -0.131. The van der Waals surface area contributed by atoms with Crippen LogP contribution in [-0.2, 0) is 4.79 Å². The van der Waals surface area contributed by atoms with Crippen LogP contribution in [0.4, 0.5) is 5.69 Å². The Balaban J connectivity index is 2.64. The van der Waals surface area contributed by atoms with Crippen molar-refractivity contribution in [1.29, 1.82) is 10.5 Å². The number of carbonyl (C=O) groups excluding carboxylic acids is 1. The summed E-state index contributed by atoms with van der Waals surface area (Å²) in [6.07, 6.45) is 0.932. The highest BCUT2D eigenvalue weighted by molar-refractivity contribution is 5.77. The molecule has 1 aromatic carbocycles. The van der Waals surface area contributed by atoms with Crippen molar-refractivity contribution in [3.05, 3.63) is 29.8 Å². The monoisotopic (exact) mass is 284 g/mol. The minimum atomic E-state index is -0.0233. The standard InChI is InChI=1S/C16H20N4O/c1-13(14-4-6-15(19)7-5-14)12-16(21)20(10-2-8-17)11-3-9-18/h4-7,13H,2-3,10-12,19H2,1H3. The fourth-order valence-corrected chi connectivity index (χ4v) is 2.06. The van der Waals surface area contributed by atoms with E-state index in [1.807, 2.05) is 43.3 Å². The molecule has 5 nitrogen and oxygen atoms in total. The highest BCUT2D eigenvalue weighted by atomic mass is 16.2. The summed E-state index contributed by atoms with van der Waals surface area (Å²) in [7, 11) is 0. The van der Waals surface area contributed by atoms with E-state index < -0.39 is 0 Å². The van der Waals surface area contributed by atoms with Crippen LogP contribution < -0.4 is 5.73 Å². The Morgan fingerprint density at radius 2 is 1.71 bits per heavy atom. The molecule has 0 aromatic heterocycles. The third kappa shape index (κ3) is 5.54. The number of nitrogens with two attached hydrogens (primary N) is 1. The SMILES string of the molecule is CC(CC(=O)N(CCC#N)CCC#N)c1ccc(N)cc1. The van der Waals surface area contributed by atoms with Crippen molar-refractivity contribution in [3.8, 4) is 12.1 Å². The molecule has 0 saturated carbocycles. The topological polar surface area (TPSA) is 93.9 Å². The van der Waals surface area contributed by atoms with Crippen LogP contribution >= 0.6 is 0 Å². The second kappa shape index (κ2) is 8.60. The van der Waals surface area contributed by atoms with Crippen molar-refractivity contribution >= 4 is 11.6 Å². The predicted molar refractivity (Wildman–Crippen MR) is 80.9 cm³/mol. The van der Waals surface area contributed by atoms with E-state index in [0.717, 1.165) is 5.56 Å². The van der Waals surface area contributed by atoms with E-state index in [-0.39, 0.29) is 24.7 Å². The molecule has 1 rings (SSSR count). The maximum absolute atomic E-state index is 12.3. The number of nitrogens with zero attached hydrogens (tertiary/aromatic N) is 3. The smallest absolute Gasteiger partial charge is 0.223 e. The molecular weight excluding hydrogens is 264 g/mol. The fourth-order valence-electron chi connectivity index (χ4n) is 2.06. The van der Waals surface area contributed by atoms with Crippen LogP contribution in [0, 0.1) is 22.7 Å². The number of hydrogen-bond donors (Lipinski definition) is 1. The molecule has 0 radical (unpaired) electrons. The van der Waals surface area contributed by atoms with Crippen molar-refractivity contribution in [1.82, 2.24) is 4.90 Å². The molecule has 0 spiro atoms. The van der Waals surface area contributed by atoms with Crippen molar-refractivity contribution in [3.63, 3.8) is 0 Å². The molecule has 0 heterocycles. The molecule has 0 bridgehead atoms. The zero-order valence-electron chi connectivity index (χ0n) is 12.2. The average Bonchev–Trinajstić information content (AvgIpc) is 2.47. The first kappa shape index (κ1) is 16.5. The molecule has 0 aliphatic rings. The Kier molecular flexibility index (Phi) is 6.77. The number of amides is 1. The maximum atomic E-state index is 12.3. The van der Waals surface area contributed by atoms with E-state index in [2.05, 4.69) is 0 Å². The van der Waals surface area contributed by atoms with Crippen LogP contribution in [0.5, 0.6) is 0 Å². The van der Waals surface area contributed by atoms with Gasteiger partial charge in [0, 0.05) is 25.2 Å². The zero-order valence-corrected chi connectivity index (χ0v) is 12.2. The summed E-state index contributed by atoms with van der Waals surface area (Å²) in [6.45, 7) is 2.74. The number of nitrogen functional groups attached to an aromatic ring is 1. The molecule has 1 aromatic rings. The van der Waals surface area contributed by atoms with Crippen LogP contribution in [0.2, 0.25) is 0 Å². The fraction of sp³-hybridized carbons (Fsp3) is 0.438. The summed E-state index contributed by atoms with van der Waals surface area (Å²) < 4.78 is 0. The lowest BCUT2D eigenvalue weighted by Crippen LogP contribution is -2.33. The molecule has 1 unspecified atom stereocenters. The Labute approximate surface area is 125 Å². The van der Waals surface area contributed by atoms with Crippen molar-refractivity contribution < 1.29 is 4.79 Å². The van der Waals surface area contributed by atoms with Gasteiger partial charge in [-0.25, -0.2) is 0 Å². The third-order valence-corrected chi connectivity index (χ3v) is 3.33. The molecule has 2 N–H and O–H groups in total. The molecule has 21 heavy (non-hydrogen) atoms. The normalized spacial score (nSPS) is 11.2. The number of benzene rings is 1. The highest BCUT2D eigenvalue weighted by Gasteiger charge is 2.17. The Hall–Kier alpha value is -2.53. The average molecular weight is 284 g/mol. The van der Waals surface area contributed by atoms with E-state index in [4.69, 9.17) is 16.3 Å². The van der Waals surface area contributed by atoms with Gasteiger partial charge in [0.25, 0.3) is 0 Å². The minimum absolute atomic E-state index is 0.0233. The van der Waals surface area contributed by atoms with Crippen molar-refractivity contribution in [2.45, 2.75) is 32.1 Å². The lowest BCUT2D eigenvalue weighted by atomic mass is 9.97. The van der Waals surface area contributed by atoms with Gasteiger partial charge >= 0.3 is 0 Å². The van der Waals surface area contributed by atoms with Crippen LogP contribution in [-0.4, -0.2) is 23.9 Å². The van der Waals surface area contributed by atoms with Gasteiger partial charge in [-0.2, -0.15) is 10.5 Å². The van der Waals surface area contributed by atoms with Gasteiger partial charge in [-0.15, -0.1) is 0 Å². The minimum Gasteiger partial charge on any atom is -0.399 e. The van der Waals surface area contributed by atoms with E-state index in [0.29, 0.717) is 25.2 Å². The first-order valence-corrected chi connectivity index (χ1v) is 6.95. The second-order valence-electron chi connectivity index (χ2n) is 4.97. The Bertz CT molecular complexity index is 521. The van der Waals surface area contributed by atoms with Crippen LogP contribution in [0.25, 0.3) is 0 Å². The zero-order chi connectivity index (χ0) is 15.7. The Morgan fingerprint density at radius 3 is 2.19 bits per heavy atom. The van der Waals surface area contributed by atoms with E-state index >= 15 is 0 Å². The Morgan fingerprint density at radius 1 is 1.19 bits per heavy atom. The largest absolute Gasteiger partial charge is 0.399 e. The number of hydrogen-bond acceptors (Lipinski definition) is 4. The number of anilines is 1. The molecule has 5 heteroatoms. The van der Waals surface area contributed by atoms with Gasteiger partial charge in [-0.1, -0.05) is 19.1 Å². The van der Waals surface area contributed by atoms with Crippen molar-refractivity contribution in [2.24, 2.45) is 0 Å². The third-order valence-electron chi connectivity index (χ3n) is 3.33. The van der Waals surface area contributed by atoms with Gasteiger partial charge in [0.1, 0.15) is 0 Å². The van der Waals surface area contributed by atoms with E-state index in [9.17, 15) is 4.79 Å². The number of carbonyl (C=O) groups is 1. The van der Waals surface area contributed by atoms with E-state index in [1.165, 1.54) is 0 Å². The van der Waals surface area contributed by atoms with Gasteiger partial charge in [0.15, 0.2) is 0 Å². The highest BCUT2D eigenvalue weighted by Crippen LogP contribution is 2.21.